The van der Waals surface area contributed by atoms with Gasteiger partial charge in [-0.25, -0.2) is 0 Å². The number of aryl methyl sites for hydroxylation is 2. The molecule has 7 nitrogen and oxygen atoms in total. The molecule has 0 bridgehead atoms. The largest absolute Gasteiger partial charge is 0.496 e. The Bertz CT molecular complexity index is 1080. The quantitative estimate of drug-likeness (QED) is 0.659. The van der Waals surface area contributed by atoms with E-state index in [-0.39, 0.29) is 29.2 Å². The molecular weight excluding hydrogens is 401 g/mol. The molecular formula is C20H21F3N4O3. The van der Waals surface area contributed by atoms with Gasteiger partial charge in [0.15, 0.2) is 11.8 Å². The van der Waals surface area contributed by atoms with Crippen LogP contribution in [0.1, 0.15) is 23.7 Å². The zero-order valence-electron chi connectivity index (χ0n) is 16.9. The third-order valence-corrected chi connectivity index (χ3v) is 4.56. The summed E-state index contributed by atoms with van der Waals surface area (Å²) >= 11 is 0. The van der Waals surface area contributed by atoms with Gasteiger partial charge in [0.05, 0.1) is 23.8 Å². The number of fused-ring (bicyclic) bond motifs is 1. The van der Waals surface area contributed by atoms with Gasteiger partial charge >= 0.3 is 6.18 Å². The number of para-hydroxylation sites is 1. The van der Waals surface area contributed by atoms with Gasteiger partial charge in [-0.2, -0.15) is 23.3 Å². The predicted octanol–water partition coefficient (Wildman–Crippen LogP) is 3.39. The normalized spacial score (nSPS) is 12.6. The SMILES string of the molecule is COc1ccccc1CNC(=O)[C@H](C)Oc1cc(C(F)(F)F)c2c(C)nn(C)c2n1. The van der Waals surface area contributed by atoms with Crippen molar-refractivity contribution in [3.8, 4) is 11.6 Å². The van der Waals surface area contributed by atoms with Crippen LogP contribution in [0.2, 0.25) is 0 Å². The third-order valence-electron chi connectivity index (χ3n) is 4.56. The summed E-state index contributed by atoms with van der Waals surface area (Å²) in [6, 6.07) is 7.95. The first kappa shape index (κ1) is 21.4. The number of hydrogen-bond acceptors (Lipinski definition) is 5. The van der Waals surface area contributed by atoms with Gasteiger partial charge < -0.3 is 14.8 Å². The smallest absolute Gasteiger partial charge is 0.417 e. The Balaban J connectivity index is 1.80. The number of rotatable bonds is 6. The molecule has 0 unspecified atom stereocenters. The molecule has 0 aliphatic carbocycles. The van der Waals surface area contributed by atoms with Crippen LogP contribution in [0, 0.1) is 6.92 Å². The van der Waals surface area contributed by atoms with Gasteiger partial charge in [0.25, 0.3) is 5.91 Å². The monoisotopic (exact) mass is 422 g/mol. The van der Waals surface area contributed by atoms with Gasteiger partial charge in [-0.1, -0.05) is 18.2 Å². The topological polar surface area (TPSA) is 78.3 Å². The average Bonchev–Trinajstić information content (AvgIpc) is 2.98. The molecule has 2 aromatic heterocycles. The van der Waals surface area contributed by atoms with Crippen molar-refractivity contribution < 1.29 is 27.4 Å². The molecule has 1 aromatic carbocycles. The maximum absolute atomic E-state index is 13.6. The summed E-state index contributed by atoms with van der Waals surface area (Å²) in [5, 5.41) is 6.59. The maximum Gasteiger partial charge on any atom is 0.417 e. The third kappa shape index (κ3) is 4.32. The first-order valence-electron chi connectivity index (χ1n) is 9.09. The molecule has 0 saturated heterocycles. The Labute approximate surface area is 170 Å². The van der Waals surface area contributed by atoms with Crippen molar-refractivity contribution >= 4 is 16.9 Å². The Kier molecular flexibility index (Phi) is 5.86. The Morgan fingerprint density at radius 1 is 1.30 bits per heavy atom. The highest BCUT2D eigenvalue weighted by Gasteiger charge is 2.36. The number of ether oxygens (including phenoxy) is 2. The molecule has 3 rings (SSSR count). The highest BCUT2D eigenvalue weighted by atomic mass is 19.4. The molecule has 160 valence electrons. The van der Waals surface area contributed by atoms with E-state index in [1.807, 2.05) is 0 Å². The zero-order valence-corrected chi connectivity index (χ0v) is 16.9. The van der Waals surface area contributed by atoms with Crippen LogP contribution in [0.3, 0.4) is 0 Å². The fraction of sp³-hybridized carbons (Fsp3) is 0.350. The number of carbonyl (C=O) groups excluding carboxylic acids is 1. The predicted molar refractivity (Wildman–Crippen MR) is 103 cm³/mol. The van der Waals surface area contributed by atoms with E-state index in [0.717, 1.165) is 11.6 Å². The lowest BCUT2D eigenvalue weighted by Crippen LogP contribution is -2.36. The van der Waals surface area contributed by atoms with Gasteiger partial charge in [0.2, 0.25) is 5.88 Å². The van der Waals surface area contributed by atoms with Crippen molar-refractivity contribution in [1.82, 2.24) is 20.1 Å². The van der Waals surface area contributed by atoms with Crippen molar-refractivity contribution in [2.75, 3.05) is 7.11 Å². The van der Waals surface area contributed by atoms with E-state index in [1.165, 1.54) is 32.7 Å². The lowest BCUT2D eigenvalue weighted by molar-refractivity contribution is -0.136. The first-order valence-corrected chi connectivity index (χ1v) is 9.09. The van der Waals surface area contributed by atoms with Crippen molar-refractivity contribution in [2.24, 2.45) is 7.05 Å². The van der Waals surface area contributed by atoms with Gasteiger partial charge in [-0.15, -0.1) is 0 Å². The van der Waals surface area contributed by atoms with Crippen LogP contribution in [-0.2, 0) is 24.6 Å². The molecule has 0 fully saturated rings. The number of aromatic nitrogens is 3. The van der Waals surface area contributed by atoms with E-state index in [4.69, 9.17) is 9.47 Å². The lowest BCUT2D eigenvalue weighted by Gasteiger charge is -2.16. The number of nitrogens with one attached hydrogen (secondary N) is 1. The first-order chi connectivity index (χ1) is 14.1. The maximum atomic E-state index is 13.6. The van der Waals surface area contributed by atoms with Crippen LogP contribution in [0.25, 0.3) is 11.0 Å². The summed E-state index contributed by atoms with van der Waals surface area (Å²) in [5.74, 6) is -0.199. The van der Waals surface area contributed by atoms with E-state index >= 15 is 0 Å². The number of alkyl halides is 3. The number of nitrogens with zero attached hydrogens (tertiary/aromatic N) is 3. The summed E-state index contributed by atoms with van der Waals surface area (Å²) in [7, 11) is 3.02. The van der Waals surface area contributed by atoms with E-state index < -0.39 is 23.8 Å². The number of benzene rings is 1. The molecule has 2 heterocycles. The highest BCUT2D eigenvalue weighted by Crippen LogP contribution is 2.37. The Morgan fingerprint density at radius 3 is 2.67 bits per heavy atom. The molecule has 1 N–H and O–H groups in total. The van der Waals surface area contributed by atoms with E-state index in [1.54, 1.807) is 24.3 Å². The van der Waals surface area contributed by atoms with E-state index in [9.17, 15) is 18.0 Å². The second kappa shape index (κ2) is 8.21. The van der Waals surface area contributed by atoms with Crippen LogP contribution in [0.15, 0.2) is 30.3 Å². The molecule has 1 atom stereocenters. The summed E-state index contributed by atoms with van der Waals surface area (Å²) in [6.07, 6.45) is -5.69. The number of hydrogen-bond donors (Lipinski definition) is 1. The minimum absolute atomic E-state index is 0.0268. The van der Waals surface area contributed by atoms with Crippen molar-refractivity contribution in [3.63, 3.8) is 0 Å². The molecule has 3 aromatic rings. The number of halogens is 3. The van der Waals surface area contributed by atoms with Gasteiger partial charge in [0, 0.05) is 25.2 Å². The zero-order chi connectivity index (χ0) is 22.1. The van der Waals surface area contributed by atoms with Crippen LogP contribution in [-0.4, -0.2) is 33.9 Å². The minimum Gasteiger partial charge on any atom is -0.496 e. The van der Waals surface area contributed by atoms with Crippen LogP contribution >= 0.6 is 0 Å². The van der Waals surface area contributed by atoms with Crippen LogP contribution in [0.4, 0.5) is 13.2 Å². The number of pyridine rings is 1. The summed E-state index contributed by atoms with van der Waals surface area (Å²) in [6.45, 7) is 3.09. The molecule has 30 heavy (non-hydrogen) atoms. The van der Waals surface area contributed by atoms with Gasteiger partial charge in [-0.05, 0) is 19.9 Å². The Morgan fingerprint density at radius 2 is 2.00 bits per heavy atom. The van der Waals surface area contributed by atoms with Crippen LogP contribution < -0.4 is 14.8 Å². The summed E-state index contributed by atoms with van der Waals surface area (Å²) < 4.78 is 52.6. The van der Waals surface area contributed by atoms with Gasteiger partial charge in [-0.3, -0.25) is 9.48 Å². The minimum atomic E-state index is -4.62. The van der Waals surface area contributed by atoms with Crippen LogP contribution in [0.5, 0.6) is 11.6 Å². The van der Waals surface area contributed by atoms with Crippen molar-refractivity contribution in [2.45, 2.75) is 32.7 Å². The fourth-order valence-corrected chi connectivity index (χ4v) is 3.12. The molecule has 0 aliphatic heterocycles. The van der Waals surface area contributed by atoms with E-state index in [0.29, 0.717) is 5.75 Å². The second-order valence-corrected chi connectivity index (χ2v) is 6.70. The second-order valence-electron chi connectivity index (χ2n) is 6.70. The van der Waals surface area contributed by atoms with Crippen molar-refractivity contribution in [3.05, 3.63) is 47.2 Å². The Hall–Kier alpha value is -3.30. The molecule has 10 heteroatoms. The van der Waals surface area contributed by atoms with E-state index in [2.05, 4.69) is 15.4 Å². The molecule has 0 spiro atoms. The molecule has 0 radical (unpaired) electrons. The summed E-state index contributed by atoms with van der Waals surface area (Å²) in [5.41, 5.74) is 0.0833. The number of methoxy groups -OCH3 is 1. The fourth-order valence-electron chi connectivity index (χ4n) is 3.12. The molecule has 0 saturated carbocycles. The van der Waals surface area contributed by atoms with Crippen molar-refractivity contribution in [1.29, 1.82) is 0 Å². The summed E-state index contributed by atoms with van der Waals surface area (Å²) in [4.78, 5) is 16.5. The average molecular weight is 422 g/mol. The number of amides is 1. The highest BCUT2D eigenvalue weighted by molar-refractivity contribution is 5.84. The standard InChI is InChI=1S/C20H21F3N4O3/c1-11-17-14(20(21,22)23)9-16(25-18(17)27(3)26-11)30-12(2)19(28)24-10-13-7-5-6-8-15(13)29-4/h5-9,12H,10H2,1-4H3,(H,24,28)/t12-/m0/s1. The molecule has 0 aliphatic rings. The van der Waals surface area contributed by atoms with Gasteiger partial charge in [0.1, 0.15) is 5.75 Å². The number of carbonyl (C=O) groups is 1. The molecule has 1 amide bonds. The lowest BCUT2D eigenvalue weighted by atomic mass is 10.1.